The van der Waals surface area contributed by atoms with E-state index in [0.717, 1.165) is 12.1 Å². The fourth-order valence-corrected chi connectivity index (χ4v) is 2.89. The van der Waals surface area contributed by atoms with Crippen molar-refractivity contribution in [1.29, 1.82) is 0 Å². The van der Waals surface area contributed by atoms with Gasteiger partial charge in [-0.25, -0.2) is 23.2 Å². The Morgan fingerprint density at radius 1 is 0.707 bits per heavy atom. The highest BCUT2D eigenvalue weighted by Crippen LogP contribution is 2.17. The third-order valence-electron chi connectivity index (χ3n) is 4.48. The summed E-state index contributed by atoms with van der Waals surface area (Å²) in [4.78, 5) is 46.2. The zero-order valence-corrected chi connectivity index (χ0v) is 24.5. The van der Waals surface area contributed by atoms with Gasteiger partial charge in [0.05, 0.1) is 0 Å². The third kappa shape index (κ3) is 15.2. The first-order valence-corrected chi connectivity index (χ1v) is 12.4. The normalized spacial score (nSPS) is 12.1. The van der Waals surface area contributed by atoms with E-state index >= 15 is 0 Å². The van der Waals surface area contributed by atoms with Gasteiger partial charge in [-0.15, -0.1) is 0 Å². The number of carboxylic acid groups (broad SMARTS) is 1. The average molecular weight is 583 g/mol. The molecule has 0 aromatic heterocycles. The van der Waals surface area contributed by atoms with Gasteiger partial charge in [-0.3, -0.25) is 4.79 Å². The smallest absolute Gasteiger partial charge is 0.408 e. The molecule has 0 saturated carbocycles. The molecule has 3 amide bonds. The van der Waals surface area contributed by atoms with Crippen LogP contribution in [0.15, 0.2) is 48.5 Å². The molecule has 2 atom stereocenters. The summed E-state index contributed by atoms with van der Waals surface area (Å²) in [6.07, 6.45) is -1.56. The van der Waals surface area contributed by atoms with Crippen LogP contribution in [0.2, 0.25) is 0 Å². The number of aliphatic carboxylic acids is 1. The molecule has 0 aliphatic rings. The minimum absolute atomic E-state index is 0.264. The van der Waals surface area contributed by atoms with Gasteiger partial charge in [-0.1, -0.05) is 24.3 Å². The summed E-state index contributed by atoms with van der Waals surface area (Å²) in [6.45, 7) is 10.2. The van der Waals surface area contributed by atoms with Gasteiger partial charge in [0.15, 0.2) is 6.04 Å². The van der Waals surface area contributed by atoms with Crippen LogP contribution in [0.1, 0.15) is 64.8 Å². The summed E-state index contributed by atoms with van der Waals surface area (Å²) in [5.74, 6) is -2.56. The molecular weight excluding hydrogens is 542 g/mol. The minimum Gasteiger partial charge on any atom is -0.479 e. The summed E-state index contributed by atoms with van der Waals surface area (Å²) in [5.41, 5.74) is 3.84. The van der Waals surface area contributed by atoms with E-state index in [9.17, 15) is 28.0 Å². The number of benzene rings is 2. The summed E-state index contributed by atoms with van der Waals surface area (Å²) < 4.78 is 35.8. The Labute approximate surface area is 238 Å². The molecule has 6 N–H and O–H groups in total. The lowest BCUT2D eigenvalue weighted by molar-refractivity contribution is -0.139. The van der Waals surface area contributed by atoms with Crippen molar-refractivity contribution in [2.24, 2.45) is 5.73 Å². The fraction of sp³-hybridized carbons (Fsp3) is 0.429. The number of carbonyl (C=O) groups is 4. The quantitative estimate of drug-likeness (QED) is 0.338. The molecule has 41 heavy (non-hydrogen) atoms. The van der Waals surface area contributed by atoms with Gasteiger partial charge in [-0.2, -0.15) is 0 Å². The number of carbonyl (C=O) groups excluding carboxylic acids is 3. The van der Waals surface area contributed by atoms with E-state index in [1.165, 1.54) is 50.5 Å². The third-order valence-corrected chi connectivity index (χ3v) is 4.48. The number of rotatable bonds is 6. The van der Waals surface area contributed by atoms with E-state index in [-0.39, 0.29) is 5.56 Å². The first-order valence-electron chi connectivity index (χ1n) is 12.4. The predicted molar refractivity (Wildman–Crippen MR) is 149 cm³/mol. The SMILES string of the molecule is CC(C)(C)OC(=O)N[C@H](C(=O)O)c1ccc(F)cc1.CN.CNC(=O)[C@@H](NC(=O)OC(C)(C)C)c1ccc(F)cc1. The van der Waals surface area contributed by atoms with Gasteiger partial charge in [0.2, 0.25) is 5.91 Å². The van der Waals surface area contributed by atoms with E-state index in [2.05, 4.69) is 21.7 Å². The van der Waals surface area contributed by atoms with Crippen molar-refractivity contribution in [1.82, 2.24) is 16.0 Å². The van der Waals surface area contributed by atoms with Gasteiger partial charge >= 0.3 is 18.2 Å². The highest BCUT2D eigenvalue weighted by molar-refractivity contribution is 5.86. The molecule has 2 aromatic rings. The molecule has 0 aliphatic carbocycles. The van der Waals surface area contributed by atoms with Crippen LogP contribution in [-0.2, 0) is 19.1 Å². The van der Waals surface area contributed by atoms with E-state index in [4.69, 9.17) is 14.6 Å². The number of ether oxygens (including phenoxy) is 2. The zero-order chi connectivity index (χ0) is 32.0. The minimum atomic E-state index is -1.28. The lowest BCUT2D eigenvalue weighted by Gasteiger charge is -2.23. The number of halogens is 2. The summed E-state index contributed by atoms with van der Waals surface area (Å²) in [7, 11) is 2.95. The molecule has 0 radical (unpaired) electrons. The summed E-state index contributed by atoms with van der Waals surface area (Å²) >= 11 is 0. The first-order chi connectivity index (χ1) is 18.9. The van der Waals surface area contributed by atoms with Crippen molar-refractivity contribution in [3.05, 3.63) is 71.3 Å². The van der Waals surface area contributed by atoms with Crippen LogP contribution in [0.5, 0.6) is 0 Å². The number of alkyl carbamates (subject to hydrolysis) is 2. The van der Waals surface area contributed by atoms with Crippen LogP contribution in [0.4, 0.5) is 18.4 Å². The second kappa shape index (κ2) is 16.8. The number of likely N-dealkylation sites (N-methyl/N-ethyl adjacent to an activating group) is 1. The number of carboxylic acids is 1. The van der Waals surface area contributed by atoms with Gasteiger partial charge in [0.1, 0.15) is 28.9 Å². The van der Waals surface area contributed by atoms with Crippen LogP contribution in [0.3, 0.4) is 0 Å². The lowest BCUT2D eigenvalue weighted by atomic mass is 10.1. The van der Waals surface area contributed by atoms with Gasteiger partial charge < -0.3 is 36.3 Å². The second-order valence-corrected chi connectivity index (χ2v) is 10.2. The van der Waals surface area contributed by atoms with Crippen molar-refractivity contribution in [2.75, 3.05) is 14.1 Å². The molecule has 0 fully saturated rings. The topological polar surface area (TPSA) is 169 Å². The lowest BCUT2D eigenvalue weighted by Crippen LogP contribution is -2.41. The highest BCUT2D eigenvalue weighted by atomic mass is 19.1. The molecule has 13 heteroatoms. The number of amides is 3. The maximum Gasteiger partial charge on any atom is 0.408 e. The second-order valence-electron chi connectivity index (χ2n) is 10.2. The van der Waals surface area contributed by atoms with E-state index in [1.807, 2.05) is 0 Å². The van der Waals surface area contributed by atoms with Crippen LogP contribution in [0, 0.1) is 11.6 Å². The fourth-order valence-electron chi connectivity index (χ4n) is 2.89. The van der Waals surface area contributed by atoms with Gasteiger partial charge in [0.25, 0.3) is 0 Å². The Bertz CT molecular complexity index is 1130. The predicted octanol–water partition coefficient (Wildman–Crippen LogP) is 4.19. The molecule has 0 bridgehead atoms. The molecule has 0 spiro atoms. The summed E-state index contributed by atoms with van der Waals surface area (Å²) in [5, 5.41) is 16.2. The average Bonchev–Trinajstić information content (AvgIpc) is 2.86. The van der Waals surface area contributed by atoms with Gasteiger partial charge in [0, 0.05) is 7.05 Å². The molecule has 11 nitrogen and oxygen atoms in total. The monoisotopic (exact) mass is 582 g/mol. The van der Waals surface area contributed by atoms with Crippen LogP contribution >= 0.6 is 0 Å². The molecule has 228 valence electrons. The standard InChI is InChI=1S/C14H19FN2O3.C13H16FNO4.CH5N/c1-14(2,3)20-13(19)17-11(12(18)16-4)9-5-7-10(15)8-6-9;1-13(2,3)19-12(18)15-10(11(16)17)8-4-6-9(14)7-5-8;1-2/h5-8,11H,1-4H3,(H,16,18)(H,17,19);4-7,10H,1-3H3,(H,15,18)(H,16,17);2H2,1H3/t11-;10-;/m00./s1. The molecule has 2 rings (SSSR count). The number of hydrogen-bond donors (Lipinski definition) is 5. The molecule has 2 aromatic carbocycles. The molecule has 0 aliphatic heterocycles. The zero-order valence-electron chi connectivity index (χ0n) is 24.5. The Kier molecular flexibility index (Phi) is 15.0. The van der Waals surface area contributed by atoms with Crippen LogP contribution in [-0.4, -0.2) is 54.5 Å². The number of nitrogens with one attached hydrogen (secondary N) is 3. The van der Waals surface area contributed by atoms with Crippen molar-refractivity contribution < 1.29 is 42.5 Å². The van der Waals surface area contributed by atoms with E-state index < -0.39 is 59.0 Å². The Morgan fingerprint density at radius 2 is 1.02 bits per heavy atom. The number of nitrogens with two attached hydrogens (primary N) is 1. The van der Waals surface area contributed by atoms with Crippen molar-refractivity contribution in [2.45, 2.75) is 64.8 Å². The highest BCUT2D eigenvalue weighted by Gasteiger charge is 2.26. The largest absolute Gasteiger partial charge is 0.479 e. The van der Waals surface area contributed by atoms with E-state index in [1.54, 1.807) is 41.5 Å². The Balaban J connectivity index is 0.000000737. The van der Waals surface area contributed by atoms with E-state index in [0.29, 0.717) is 5.56 Å². The molecular formula is C28H40F2N4O7. The van der Waals surface area contributed by atoms with Crippen molar-refractivity contribution in [3.63, 3.8) is 0 Å². The molecule has 0 unspecified atom stereocenters. The molecule has 0 heterocycles. The summed E-state index contributed by atoms with van der Waals surface area (Å²) in [6, 6.07) is 7.95. The number of hydrogen-bond acceptors (Lipinski definition) is 7. The van der Waals surface area contributed by atoms with Crippen LogP contribution < -0.4 is 21.7 Å². The van der Waals surface area contributed by atoms with Crippen molar-refractivity contribution >= 4 is 24.1 Å². The van der Waals surface area contributed by atoms with Crippen LogP contribution in [0.25, 0.3) is 0 Å². The maximum atomic E-state index is 12.9. The van der Waals surface area contributed by atoms with Crippen molar-refractivity contribution in [3.8, 4) is 0 Å². The van der Waals surface area contributed by atoms with Gasteiger partial charge in [-0.05, 0) is 84.0 Å². The molecule has 0 saturated heterocycles. The Hall–Kier alpha value is -4.26. The first kappa shape index (κ1) is 36.7. The Morgan fingerprint density at radius 3 is 1.32 bits per heavy atom. The maximum absolute atomic E-state index is 12.9.